The zero-order valence-electron chi connectivity index (χ0n) is 18.6. The Balaban J connectivity index is 1.61. The van der Waals surface area contributed by atoms with Gasteiger partial charge in [0.2, 0.25) is 0 Å². The fourth-order valence-electron chi connectivity index (χ4n) is 4.01. The number of carbonyl (C=O) groups is 2. The molecule has 2 N–H and O–H groups in total. The predicted molar refractivity (Wildman–Crippen MR) is 123 cm³/mol. The molecule has 1 aromatic heterocycles. The van der Waals surface area contributed by atoms with Crippen molar-refractivity contribution in [3.8, 4) is 17.2 Å². The molecule has 3 aromatic rings. The first-order valence-electron chi connectivity index (χ1n) is 10.4. The maximum atomic E-state index is 12.9. The molecule has 1 aliphatic carbocycles. The van der Waals surface area contributed by atoms with Crippen LogP contribution in [-0.4, -0.2) is 38.0 Å². The van der Waals surface area contributed by atoms with Crippen LogP contribution in [0.1, 0.15) is 44.3 Å². The van der Waals surface area contributed by atoms with E-state index in [4.69, 9.17) is 14.2 Å². The van der Waals surface area contributed by atoms with Crippen LogP contribution in [-0.2, 0) is 6.42 Å². The summed E-state index contributed by atoms with van der Waals surface area (Å²) in [5, 5.41) is 2.67. The van der Waals surface area contributed by atoms with Gasteiger partial charge in [-0.3, -0.25) is 14.4 Å². The molecule has 4 rings (SSSR count). The van der Waals surface area contributed by atoms with Gasteiger partial charge in [-0.2, -0.15) is 0 Å². The third-order valence-corrected chi connectivity index (χ3v) is 5.79. The molecular weight excluding hydrogens is 424 g/mol. The van der Waals surface area contributed by atoms with Gasteiger partial charge in [-0.25, -0.2) is 0 Å². The molecule has 170 valence electrons. The van der Waals surface area contributed by atoms with Gasteiger partial charge in [0.1, 0.15) is 22.8 Å². The van der Waals surface area contributed by atoms with Gasteiger partial charge >= 0.3 is 0 Å². The number of aromatic amines is 1. The number of methoxy groups -OCH3 is 3. The summed E-state index contributed by atoms with van der Waals surface area (Å²) in [6.45, 7) is 0. The van der Waals surface area contributed by atoms with Gasteiger partial charge in [0.25, 0.3) is 11.5 Å². The maximum Gasteiger partial charge on any atom is 0.261 e. The van der Waals surface area contributed by atoms with E-state index in [0.29, 0.717) is 34.9 Å². The van der Waals surface area contributed by atoms with E-state index in [-0.39, 0.29) is 23.7 Å². The van der Waals surface area contributed by atoms with Crippen molar-refractivity contribution in [2.45, 2.75) is 18.8 Å². The quantitative estimate of drug-likeness (QED) is 0.597. The SMILES string of the molecule is COc1ccc([C@H]2CC(=O)c3cc(C(=O)Nc4cc(OC)ccc4OC)c(=O)[nH]c3C2)cc1. The Hall–Kier alpha value is -4.07. The minimum absolute atomic E-state index is 0.0627. The molecule has 0 radical (unpaired) electrons. The number of nitrogens with one attached hydrogen (secondary N) is 2. The van der Waals surface area contributed by atoms with Crippen molar-refractivity contribution in [1.82, 2.24) is 4.98 Å². The Morgan fingerprint density at radius 2 is 1.61 bits per heavy atom. The van der Waals surface area contributed by atoms with E-state index < -0.39 is 11.5 Å². The third kappa shape index (κ3) is 4.45. The Kier molecular flexibility index (Phi) is 6.17. The molecule has 0 unspecified atom stereocenters. The lowest BCUT2D eigenvalue weighted by Crippen LogP contribution is -2.29. The number of hydrogen-bond donors (Lipinski definition) is 2. The van der Waals surface area contributed by atoms with Crippen LogP contribution in [0.2, 0.25) is 0 Å². The molecule has 0 spiro atoms. The molecule has 0 fully saturated rings. The van der Waals surface area contributed by atoms with Crippen LogP contribution in [0.25, 0.3) is 0 Å². The monoisotopic (exact) mass is 448 g/mol. The molecule has 8 nitrogen and oxygen atoms in total. The number of hydrogen-bond acceptors (Lipinski definition) is 6. The molecule has 0 bridgehead atoms. The number of H-pyrrole nitrogens is 1. The fourth-order valence-corrected chi connectivity index (χ4v) is 4.01. The minimum Gasteiger partial charge on any atom is -0.497 e. The van der Waals surface area contributed by atoms with Gasteiger partial charge in [0.15, 0.2) is 5.78 Å². The Bertz CT molecular complexity index is 1260. The van der Waals surface area contributed by atoms with Crippen LogP contribution in [0.15, 0.2) is 53.3 Å². The Morgan fingerprint density at radius 3 is 2.27 bits per heavy atom. The predicted octanol–water partition coefficient (Wildman–Crippen LogP) is 3.57. The Morgan fingerprint density at radius 1 is 0.909 bits per heavy atom. The summed E-state index contributed by atoms with van der Waals surface area (Å²) in [5.74, 6) is 0.837. The lowest BCUT2D eigenvalue weighted by molar-refractivity contribution is 0.0963. The molecule has 0 saturated heterocycles. The highest BCUT2D eigenvalue weighted by Gasteiger charge is 2.29. The summed E-state index contributed by atoms with van der Waals surface area (Å²) in [6, 6.07) is 13.8. The van der Waals surface area contributed by atoms with Crippen LogP contribution in [0, 0.1) is 0 Å². The van der Waals surface area contributed by atoms with Crippen molar-refractivity contribution in [2.24, 2.45) is 0 Å². The number of carbonyl (C=O) groups excluding carboxylic acids is 2. The molecule has 33 heavy (non-hydrogen) atoms. The van der Waals surface area contributed by atoms with E-state index in [2.05, 4.69) is 10.3 Å². The number of ether oxygens (including phenoxy) is 3. The highest BCUT2D eigenvalue weighted by Crippen LogP contribution is 2.33. The van der Waals surface area contributed by atoms with Gasteiger partial charge in [0, 0.05) is 23.7 Å². The molecule has 1 heterocycles. The number of Topliss-reactive ketones (excluding diaryl/α,β-unsaturated/α-hetero) is 1. The van der Waals surface area contributed by atoms with E-state index in [9.17, 15) is 14.4 Å². The van der Waals surface area contributed by atoms with E-state index >= 15 is 0 Å². The zero-order chi connectivity index (χ0) is 23.5. The Labute approximate surface area is 190 Å². The number of ketones is 1. The molecule has 1 atom stereocenters. The molecule has 1 aliphatic rings. The van der Waals surface area contributed by atoms with Crippen LogP contribution in [0.4, 0.5) is 5.69 Å². The first-order valence-corrected chi connectivity index (χ1v) is 10.4. The number of benzene rings is 2. The molecule has 8 heteroatoms. The highest BCUT2D eigenvalue weighted by molar-refractivity contribution is 6.07. The minimum atomic E-state index is -0.643. The van der Waals surface area contributed by atoms with E-state index in [0.717, 1.165) is 11.3 Å². The van der Waals surface area contributed by atoms with Crippen LogP contribution >= 0.6 is 0 Å². The van der Waals surface area contributed by atoms with Crippen molar-refractivity contribution in [3.05, 3.63) is 81.3 Å². The first-order chi connectivity index (χ1) is 15.9. The number of fused-ring (bicyclic) bond motifs is 1. The molecule has 0 aliphatic heterocycles. The van der Waals surface area contributed by atoms with Crippen molar-refractivity contribution >= 4 is 17.4 Å². The van der Waals surface area contributed by atoms with Crippen LogP contribution in [0.3, 0.4) is 0 Å². The average Bonchev–Trinajstić information content (AvgIpc) is 2.83. The summed E-state index contributed by atoms with van der Waals surface area (Å²) >= 11 is 0. The van der Waals surface area contributed by atoms with Crippen LogP contribution < -0.4 is 25.1 Å². The largest absolute Gasteiger partial charge is 0.497 e. The van der Waals surface area contributed by atoms with E-state index in [1.54, 1.807) is 25.3 Å². The van der Waals surface area contributed by atoms with Gasteiger partial charge in [-0.05, 0) is 48.2 Å². The second-order valence-corrected chi connectivity index (χ2v) is 7.73. The first kappa shape index (κ1) is 22.1. The zero-order valence-corrected chi connectivity index (χ0v) is 18.6. The lowest BCUT2D eigenvalue weighted by atomic mass is 9.81. The van der Waals surface area contributed by atoms with Crippen LogP contribution in [0.5, 0.6) is 17.2 Å². The number of aromatic nitrogens is 1. The smallest absolute Gasteiger partial charge is 0.261 e. The second-order valence-electron chi connectivity index (χ2n) is 7.73. The maximum absolute atomic E-state index is 12.9. The number of pyridine rings is 1. The highest BCUT2D eigenvalue weighted by atomic mass is 16.5. The van der Waals surface area contributed by atoms with Crippen molar-refractivity contribution < 1.29 is 23.8 Å². The summed E-state index contributed by atoms with van der Waals surface area (Å²) in [7, 11) is 4.58. The fraction of sp³-hybridized carbons (Fsp3) is 0.240. The molecular formula is C25H24N2O6. The van der Waals surface area contributed by atoms with Gasteiger partial charge in [-0.1, -0.05) is 12.1 Å². The van der Waals surface area contributed by atoms with Crippen molar-refractivity contribution in [3.63, 3.8) is 0 Å². The molecule has 0 saturated carbocycles. The number of anilines is 1. The van der Waals surface area contributed by atoms with Gasteiger partial charge in [0.05, 0.1) is 27.0 Å². The topological polar surface area (TPSA) is 107 Å². The average molecular weight is 448 g/mol. The molecule has 1 amide bonds. The molecule has 2 aromatic carbocycles. The summed E-state index contributed by atoms with van der Waals surface area (Å²) in [6.07, 6.45) is 0.782. The summed E-state index contributed by atoms with van der Waals surface area (Å²) in [5.41, 5.74) is 1.54. The second kappa shape index (κ2) is 9.20. The van der Waals surface area contributed by atoms with Crippen molar-refractivity contribution in [2.75, 3.05) is 26.6 Å². The number of amides is 1. The third-order valence-electron chi connectivity index (χ3n) is 5.79. The summed E-state index contributed by atoms with van der Waals surface area (Å²) < 4.78 is 15.6. The standard InChI is InChI=1S/C25H24N2O6/c1-31-16-6-4-14(5-7-16)15-10-20-18(22(28)11-15)13-19(24(29)26-20)25(30)27-21-12-17(32-2)8-9-23(21)33-3/h4-9,12-13,15H,10-11H2,1-3H3,(H,26,29)(H,27,30)/t15-/m1/s1. The lowest BCUT2D eigenvalue weighted by Gasteiger charge is -2.24. The van der Waals surface area contributed by atoms with E-state index in [1.165, 1.54) is 20.3 Å². The van der Waals surface area contributed by atoms with Crippen molar-refractivity contribution in [1.29, 1.82) is 0 Å². The van der Waals surface area contributed by atoms with Gasteiger partial charge < -0.3 is 24.5 Å². The summed E-state index contributed by atoms with van der Waals surface area (Å²) in [4.78, 5) is 41.3. The number of rotatable bonds is 6. The normalized spacial score (nSPS) is 14.9. The van der Waals surface area contributed by atoms with Gasteiger partial charge in [-0.15, -0.1) is 0 Å². The van der Waals surface area contributed by atoms with E-state index in [1.807, 2.05) is 24.3 Å².